The zero-order valence-electron chi connectivity index (χ0n) is 14.2. The Bertz CT molecular complexity index is 867. The molecule has 2 aromatic carbocycles. The minimum Gasteiger partial charge on any atom is -0.452 e. The Morgan fingerprint density at radius 2 is 1.92 bits per heavy atom. The minimum atomic E-state index is -0.961. The first-order valence-electron chi connectivity index (χ1n) is 7.72. The van der Waals surface area contributed by atoms with Crippen molar-refractivity contribution in [1.82, 2.24) is 5.32 Å². The molecular weight excluding hydrogens is 343 g/mol. The largest absolute Gasteiger partial charge is 0.452 e. The number of nitro groups is 1. The van der Waals surface area contributed by atoms with E-state index >= 15 is 0 Å². The molecule has 26 heavy (non-hydrogen) atoms. The molecule has 0 spiro atoms. The second kappa shape index (κ2) is 8.19. The molecule has 1 amide bonds. The lowest BCUT2D eigenvalue weighted by Gasteiger charge is -2.08. The van der Waals surface area contributed by atoms with Gasteiger partial charge in [0.15, 0.2) is 6.61 Å². The first-order chi connectivity index (χ1) is 12.3. The van der Waals surface area contributed by atoms with Crippen LogP contribution in [0.4, 0.5) is 10.1 Å². The number of rotatable bonds is 6. The number of halogens is 1. The summed E-state index contributed by atoms with van der Waals surface area (Å²) < 4.78 is 18.3. The summed E-state index contributed by atoms with van der Waals surface area (Å²) >= 11 is 0. The highest BCUT2D eigenvalue weighted by molar-refractivity contribution is 5.95. The highest BCUT2D eigenvalue weighted by atomic mass is 19.1. The molecule has 2 aromatic rings. The van der Waals surface area contributed by atoms with Gasteiger partial charge in [-0.25, -0.2) is 9.18 Å². The van der Waals surface area contributed by atoms with Crippen LogP contribution < -0.4 is 5.32 Å². The van der Waals surface area contributed by atoms with Crippen molar-refractivity contribution in [2.75, 3.05) is 6.61 Å². The Morgan fingerprint density at radius 3 is 2.58 bits per heavy atom. The van der Waals surface area contributed by atoms with Gasteiger partial charge >= 0.3 is 5.97 Å². The standard InChI is InChI=1S/C18H17FN2O5/c1-11-6-7-13(8-15(11)19)9-20-16(22)10-26-18(23)14-5-3-4-12(2)17(14)21(24)25/h3-8H,9-10H2,1-2H3,(H,20,22). The van der Waals surface area contributed by atoms with Gasteiger partial charge in [-0.15, -0.1) is 0 Å². The average Bonchev–Trinajstić information content (AvgIpc) is 2.60. The number of hydrogen-bond donors (Lipinski definition) is 1. The molecule has 0 bridgehead atoms. The average molecular weight is 360 g/mol. The quantitative estimate of drug-likeness (QED) is 0.485. The summed E-state index contributed by atoms with van der Waals surface area (Å²) in [5.41, 5.74) is 0.794. The van der Waals surface area contributed by atoms with E-state index < -0.39 is 23.4 Å². The van der Waals surface area contributed by atoms with E-state index in [1.807, 2.05) is 0 Å². The lowest BCUT2D eigenvalue weighted by atomic mass is 10.1. The van der Waals surface area contributed by atoms with E-state index in [-0.39, 0.29) is 23.6 Å². The van der Waals surface area contributed by atoms with Crippen LogP contribution in [0.15, 0.2) is 36.4 Å². The molecule has 0 fully saturated rings. The molecule has 0 aromatic heterocycles. The number of para-hydroxylation sites is 1. The number of aryl methyl sites for hydroxylation is 2. The van der Waals surface area contributed by atoms with Crippen LogP contribution in [-0.4, -0.2) is 23.4 Å². The second-order valence-corrected chi connectivity index (χ2v) is 5.66. The fourth-order valence-electron chi connectivity index (χ4n) is 2.27. The molecule has 0 aliphatic heterocycles. The summed E-state index contributed by atoms with van der Waals surface area (Å²) in [6.45, 7) is 2.60. The Labute approximate surface area is 148 Å². The Hall–Kier alpha value is -3.29. The van der Waals surface area contributed by atoms with Crippen LogP contribution in [0.3, 0.4) is 0 Å². The smallest absolute Gasteiger partial charge is 0.345 e. The van der Waals surface area contributed by atoms with E-state index in [9.17, 15) is 24.1 Å². The van der Waals surface area contributed by atoms with E-state index in [1.54, 1.807) is 19.1 Å². The summed E-state index contributed by atoms with van der Waals surface area (Å²) in [5, 5.41) is 13.6. The summed E-state index contributed by atoms with van der Waals surface area (Å²) in [7, 11) is 0. The number of esters is 1. The predicted molar refractivity (Wildman–Crippen MR) is 91.1 cm³/mol. The van der Waals surface area contributed by atoms with Gasteiger partial charge in [-0.1, -0.05) is 24.3 Å². The van der Waals surface area contributed by atoms with E-state index in [1.165, 1.54) is 31.2 Å². The summed E-state index contributed by atoms with van der Waals surface area (Å²) in [5.74, 6) is -1.94. The van der Waals surface area contributed by atoms with E-state index in [4.69, 9.17) is 4.74 Å². The second-order valence-electron chi connectivity index (χ2n) is 5.66. The third-order valence-electron chi connectivity index (χ3n) is 3.70. The summed E-state index contributed by atoms with van der Waals surface area (Å²) in [4.78, 5) is 34.2. The number of ether oxygens (including phenoxy) is 1. The maximum Gasteiger partial charge on any atom is 0.345 e. The van der Waals surface area contributed by atoms with Gasteiger partial charge in [-0.05, 0) is 37.1 Å². The van der Waals surface area contributed by atoms with Crippen LogP contribution in [0, 0.1) is 29.8 Å². The van der Waals surface area contributed by atoms with Gasteiger partial charge in [-0.2, -0.15) is 0 Å². The number of hydrogen-bond acceptors (Lipinski definition) is 5. The van der Waals surface area contributed by atoms with Crippen molar-refractivity contribution >= 4 is 17.6 Å². The van der Waals surface area contributed by atoms with E-state index in [0.717, 1.165) is 0 Å². The van der Waals surface area contributed by atoms with Gasteiger partial charge in [0.2, 0.25) is 0 Å². The Morgan fingerprint density at radius 1 is 1.19 bits per heavy atom. The maximum atomic E-state index is 13.4. The number of nitrogens with zero attached hydrogens (tertiary/aromatic N) is 1. The van der Waals surface area contributed by atoms with Gasteiger partial charge in [0.1, 0.15) is 11.4 Å². The molecule has 0 aliphatic rings. The van der Waals surface area contributed by atoms with E-state index in [2.05, 4.69) is 5.32 Å². The first kappa shape index (κ1) is 19.0. The number of nitro benzene ring substituents is 1. The lowest BCUT2D eigenvalue weighted by molar-refractivity contribution is -0.385. The molecule has 0 radical (unpaired) electrons. The van der Waals surface area contributed by atoms with Gasteiger partial charge in [0, 0.05) is 12.1 Å². The summed E-state index contributed by atoms with van der Waals surface area (Å²) in [6, 6.07) is 8.82. The highest BCUT2D eigenvalue weighted by Crippen LogP contribution is 2.23. The van der Waals surface area contributed by atoms with Gasteiger partial charge in [-0.3, -0.25) is 14.9 Å². The van der Waals surface area contributed by atoms with Crippen LogP contribution in [-0.2, 0) is 16.1 Å². The number of benzene rings is 2. The fourth-order valence-corrected chi connectivity index (χ4v) is 2.27. The molecule has 0 saturated carbocycles. The Balaban J connectivity index is 1.93. The zero-order chi connectivity index (χ0) is 19.3. The minimum absolute atomic E-state index is 0.0676. The molecule has 0 heterocycles. The SMILES string of the molecule is Cc1ccc(CNC(=O)COC(=O)c2cccc(C)c2[N+](=O)[O-])cc1F. The third-order valence-corrected chi connectivity index (χ3v) is 3.70. The van der Waals surface area contributed by atoms with Crippen molar-refractivity contribution in [3.05, 3.63) is 74.6 Å². The van der Waals surface area contributed by atoms with Gasteiger partial charge in [0.25, 0.3) is 11.6 Å². The van der Waals surface area contributed by atoms with Crippen molar-refractivity contribution in [2.45, 2.75) is 20.4 Å². The van der Waals surface area contributed by atoms with Crippen molar-refractivity contribution in [3.63, 3.8) is 0 Å². The summed E-state index contributed by atoms with van der Waals surface area (Å²) in [6.07, 6.45) is 0. The van der Waals surface area contributed by atoms with Crippen LogP contribution in [0.2, 0.25) is 0 Å². The number of nitrogens with one attached hydrogen (secondary N) is 1. The van der Waals surface area contributed by atoms with Crippen LogP contribution in [0.5, 0.6) is 0 Å². The molecule has 0 atom stereocenters. The Kier molecular flexibility index (Phi) is 6.00. The molecule has 1 N–H and O–H groups in total. The molecule has 2 rings (SSSR count). The third kappa shape index (κ3) is 4.62. The van der Waals surface area contributed by atoms with Crippen molar-refractivity contribution < 1.29 is 23.6 Å². The molecular formula is C18H17FN2O5. The van der Waals surface area contributed by atoms with Gasteiger partial charge < -0.3 is 10.1 Å². The van der Waals surface area contributed by atoms with E-state index in [0.29, 0.717) is 16.7 Å². The topological polar surface area (TPSA) is 98.5 Å². The highest BCUT2D eigenvalue weighted by Gasteiger charge is 2.24. The van der Waals surface area contributed by atoms with Crippen molar-refractivity contribution in [3.8, 4) is 0 Å². The lowest BCUT2D eigenvalue weighted by Crippen LogP contribution is -2.28. The molecule has 0 aliphatic carbocycles. The van der Waals surface area contributed by atoms with Crippen LogP contribution in [0.25, 0.3) is 0 Å². The number of carbonyl (C=O) groups excluding carboxylic acids is 2. The molecule has 0 saturated heterocycles. The van der Waals surface area contributed by atoms with Crippen molar-refractivity contribution in [1.29, 1.82) is 0 Å². The predicted octanol–water partition coefficient (Wildman–Crippen LogP) is 2.82. The molecule has 7 nitrogen and oxygen atoms in total. The molecule has 8 heteroatoms. The zero-order valence-corrected chi connectivity index (χ0v) is 14.2. The fraction of sp³-hybridized carbons (Fsp3) is 0.222. The van der Waals surface area contributed by atoms with Crippen LogP contribution >= 0.6 is 0 Å². The van der Waals surface area contributed by atoms with Gasteiger partial charge in [0.05, 0.1) is 4.92 Å². The number of amides is 1. The normalized spacial score (nSPS) is 10.3. The molecule has 136 valence electrons. The first-order valence-corrected chi connectivity index (χ1v) is 7.72. The van der Waals surface area contributed by atoms with Crippen molar-refractivity contribution in [2.24, 2.45) is 0 Å². The maximum absolute atomic E-state index is 13.4. The molecule has 0 unspecified atom stereocenters. The van der Waals surface area contributed by atoms with Crippen LogP contribution in [0.1, 0.15) is 27.0 Å². The number of carbonyl (C=O) groups is 2. The monoisotopic (exact) mass is 360 g/mol.